The second-order valence-electron chi connectivity index (χ2n) is 4.80. The van der Waals surface area contributed by atoms with Crippen LogP contribution in [-0.2, 0) is 4.79 Å². The molecule has 1 aromatic heterocycles. The first kappa shape index (κ1) is 14.5. The largest absolute Gasteiger partial charge is 0.481 e. The quantitative estimate of drug-likeness (QED) is 0.826. The minimum Gasteiger partial charge on any atom is -0.481 e. The van der Waals surface area contributed by atoms with E-state index in [9.17, 15) is 14.7 Å². The van der Waals surface area contributed by atoms with Crippen molar-refractivity contribution < 1.29 is 14.7 Å². The highest BCUT2D eigenvalue weighted by Gasteiger charge is 2.30. The molecule has 6 heteroatoms. The van der Waals surface area contributed by atoms with E-state index in [1.165, 1.54) is 11.3 Å². The molecule has 1 aromatic rings. The molecule has 104 valence electrons. The summed E-state index contributed by atoms with van der Waals surface area (Å²) in [7, 11) is 0. The van der Waals surface area contributed by atoms with Gasteiger partial charge in [0.15, 0.2) is 0 Å². The number of carboxylic acid groups (broad SMARTS) is 1. The predicted octanol–water partition coefficient (Wildman–Crippen LogP) is 3.27. The van der Waals surface area contributed by atoms with Gasteiger partial charge in [0.1, 0.15) is 0 Å². The minimum atomic E-state index is -0.807. The SMILES string of the molecule is O=C(NC1CCCCCC1C(=O)O)c1csc(Br)c1. The van der Waals surface area contributed by atoms with Gasteiger partial charge in [0.2, 0.25) is 0 Å². The van der Waals surface area contributed by atoms with E-state index in [2.05, 4.69) is 21.2 Å². The predicted molar refractivity (Wildman–Crippen MR) is 77.5 cm³/mol. The van der Waals surface area contributed by atoms with Crippen LogP contribution in [0.3, 0.4) is 0 Å². The maximum atomic E-state index is 12.1. The fourth-order valence-electron chi connectivity index (χ4n) is 2.46. The fourth-order valence-corrected chi connectivity index (χ4v) is 3.59. The Hall–Kier alpha value is -0.880. The van der Waals surface area contributed by atoms with Crippen molar-refractivity contribution in [3.05, 3.63) is 20.8 Å². The Morgan fingerprint density at radius 1 is 1.32 bits per heavy atom. The van der Waals surface area contributed by atoms with Crippen LogP contribution in [0.4, 0.5) is 0 Å². The van der Waals surface area contributed by atoms with Gasteiger partial charge in [0.25, 0.3) is 5.91 Å². The zero-order valence-corrected chi connectivity index (χ0v) is 12.8. The number of nitrogens with one attached hydrogen (secondary N) is 1. The highest BCUT2D eigenvalue weighted by molar-refractivity contribution is 9.11. The molecule has 0 aromatic carbocycles. The molecule has 2 rings (SSSR count). The van der Waals surface area contributed by atoms with Crippen LogP contribution in [0, 0.1) is 5.92 Å². The average Bonchev–Trinajstić information content (AvgIpc) is 2.65. The molecule has 0 radical (unpaired) electrons. The van der Waals surface area contributed by atoms with Crippen LogP contribution < -0.4 is 5.32 Å². The fraction of sp³-hybridized carbons (Fsp3) is 0.538. The number of carbonyl (C=O) groups excluding carboxylic acids is 1. The van der Waals surface area contributed by atoms with Crippen molar-refractivity contribution in [3.8, 4) is 0 Å². The van der Waals surface area contributed by atoms with Crippen molar-refractivity contribution in [1.29, 1.82) is 0 Å². The lowest BCUT2D eigenvalue weighted by Crippen LogP contribution is -2.42. The molecular formula is C13H16BrNO3S. The Morgan fingerprint density at radius 3 is 2.68 bits per heavy atom. The molecule has 1 fully saturated rings. The monoisotopic (exact) mass is 345 g/mol. The van der Waals surface area contributed by atoms with Crippen LogP contribution in [0.1, 0.15) is 42.5 Å². The second-order valence-corrected chi connectivity index (χ2v) is 7.09. The molecule has 19 heavy (non-hydrogen) atoms. The van der Waals surface area contributed by atoms with Gasteiger partial charge in [-0.3, -0.25) is 9.59 Å². The molecule has 1 amide bonds. The normalized spacial score (nSPS) is 23.6. The van der Waals surface area contributed by atoms with Gasteiger partial charge in [-0.2, -0.15) is 0 Å². The maximum Gasteiger partial charge on any atom is 0.308 e. The van der Waals surface area contributed by atoms with Gasteiger partial charge in [-0.25, -0.2) is 0 Å². The zero-order chi connectivity index (χ0) is 13.8. The van der Waals surface area contributed by atoms with Gasteiger partial charge in [-0.05, 0) is 34.8 Å². The van der Waals surface area contributed by atoms with Crippen molar-refractivity contribution in [2.24, 2.45) is 5.92 Å². The molecule has 1 aliphatic carbocycles. The number of halogens is 1. The first-order valence-corrected chi connectivity index (χ1v) is 8.03. The summed E-state index contributed by atoms with van der Waals surface area (Å²) in [6.07, 6.45) is 4.33. The summed E-state index contributed by atoms with van der Waals surface area (Å²) in [5.41, 5.74) is 0.588. The summed E-state index contributed by atoms with van der Waals surface area (Å²) < 4.78 is 0.897. The van der Waals surface area contributed by atoms with Gasteiger partial charge < -0.3 is 10.4 Å². The van der Waals surface area contributed by atoms with E-state index in [1.54, 1.807) is 11.4 Å². The molecule has 1 aliphatic rings. The molecule has 1 saturated carbocycles. The summed E-state index contributed by atoms with van der Waals surface area (Å²) in [6.45, 7) is 0. The third-order valence-electron chi connectivity index (χ3n) is 3.48. The number of amides is 1. The zero-order valence-electron chi connectivity index (χ0n) is 10.4. The molecule has 0 saturated heterocycles. The van der Waals surface area contributed by atoms with E-state index >= 15 is 0 Å². The third kappa shape index (κ3) is 3.79. The minimum absolute atomic E-state index is 0.180. The van der Waals surface area contributed by atoms with Crippen molar-refractivity contribution in [2.45, 2.75) is 38.1 Å². The standard InChI is InChI=1S/C13H16BrNO3S/c14-11-6-8(7-19-11)12(16)15-10-5-3-1-2-4-9(10)13(17)18/h6-7,9-10H,1-5H2,(H,15,16)(H,17,18). The number of thiophene rings is 1. The topological polar surface area (TPSA) is 66.4 Å². The summed E-state index contributed by atoms with van der Waals surface area (Å²) in [5, 5.41) is 13.9. The first-order valence-electron chi connectivity index (χ1n) is 6.35. The number of rotatable bonds is 3. The maximum absolute atomic E-state index is 12.1. The Kier molecular flexibility index (Phi) is 4.99. The van der Waals surface area contributed by atoms with Crippen LogP contribution in [0.15, 0.2) is 15.2 Å². The molecule has 0 aliphatic heterocycles. The van der Waals surface area contributed by atoms with Gasteiger partial charge in [-0.15, -0.1) is 11.3 Å². The Labute approximate surface area is 124 Å². The van der Waals surface area contributed by atoms with Gasteiger partial charge in [-0.1, -0.05) is 19.3 Å². The van der Waals surface area contributed by atoms with Gasteiger partial charge >= 0.3 is 5.97 Å². The first-order chi connectivity index (χ1) is 9.08. The molecule has 4 nitrogen and oxygen atoms in total. The summed E-state index contributed by atoms with van der Waals surface area (Å²) in [6, 6.07) is 1.50. The lowest BCUT2D eigenvalue weighted by Gasteiger charge is -2.22. The van der Waals surface area contributed by atoms with Crippen LogP contribution in [-0.4, -0.2) is 23.0 Å². The second kappa shape index (κ2) is 6.52. The number of aliphatic carboxylic acids is 1. The number of hydrogen-bond donors (Lipinski definition) is 2. The molecular weight excluding hydrogens is 330 g/mol. The number of carboxylic acids is 1. The van der Waals surface area contributed by atoms with Crippen molar-refractivity contribution >= 4 is 39.1 Å². The molecule has 0 bridgehead atoms. The molecule has 0 spiro atoms. The summed E-state index contributed by atoms with van der Waals surface area (Å²) in [5.74, 6) is -1.45. The van der Waals surface area contributed by atoms with Crippen LogP contribution in [0.25, 0.3) is 0 Å². The van der Waals surface area contributed by atoms with Crippen molar-refractivity contribution in [3.63, 3.8) is 0 Å². The third-order valence-corrected chi connectivity index (χ3v) is 4.98. The van der Waals surface area contributed by atoms with Crippen LogP contribution >= 0.6 is 27.3 Å². The number of hydrogen-bond acceptors (Lipinski definition) is 3. The van der Waals surface area contributed by atoms with Crippen molar-refractivity contribution in [1.82, 2.24) is 5.32 Å². The van der Waals surface area contributed by atoms with E-state index in [4.69, 9.17) is 0 Å². The highest BCUT2D eigenvalue weighted by Crippen LogP contribution is 2.25. The average molecular weight is 346 g/mol. The van der Waals surface area contributed by atoms with Gasteiger partial charge in [0, 0.05) is 11.4 Å². The molecule has 2 atom stereocenters. The van der Waals surface area contributed by atoms with Crippen molar-refractivity contribution in [2.75, 3.05) is 0 Å². The van der Waals surface area contributed by atoms with Crippen LogP contribution in [0.2, 0.25) is 0 Å². The van der Waals surface area contributed by atoms with E-state index < -0.39 is 11.9 Å². The van der Waals surface area contributed by atoms with Crippen LogP contribution in [0.5, 0.6) is 0 Å². The summed E-state index contributed by atoms with van der Waals surface area (Å²) >= 11 is 4.76. The van der Waals surface area contributed by atoms with E-state index in [0.717, 1.165) is 29.5 Å². The Balaban J connectivity index is 2.06. The van der Waals surface area contributed by atoms with E-state index in [1.807, 2.05) is 0 Å². The lowest BCUT2D eigenvalue weighted by atomic mass is 9.94. The van der Waals surface area contributed by atoms with E-state index in [-0.39, 0.29) is 11.9 Å². The smallest absolute Gasteiger partial charge is 0.308 e. The molecule has 2 N–H and O–H groups in total. The summed E-state index contributed by atoms with van der Waals surface area (Å²) in [4.78, 5) is 23.4. The molecule has 1 heterocycles. The highest BCUT2D eigenvalue weighted by atomic mass is 79.9. The van der Waals surface area contributed by atoms with E-state index in [0.29, 0.717) is 12.0 Å². The number of carbonyl (C=O) groups is 2. The Morgan fingerprint density at radius 2 is 2.05 bits per heavy atom. The van der Waals surface area contributed by atoms with Gasteiger partial charge in [0.05, 0.1) is 15.3 Å². The lowest BCUT2D eigenvalue weighted by molar-refractivity contribution is -0.142. The molecule has 2 unspecified atom stereocenters. The Bertz CT molecular complexity index is 474.